The van der Waals surface area contributed by atoms with E-state index < -0.39 is 15.6 Å². The Morgan fingerprint density at radius 2 is 1.48 bits per heavy atom. The number of nitrogens with one attached hydrogen (secondary N) is 1. The molecule has 0 spiro atoms. The minimum atomic E-state index is -3.96. The van der Waals surface area contributed by atoms with E-state index in [0.29, 0.717) is 18.4 Å². The molecule has 25 heavy (non-hydrogen) atoms. The third-order valence-corrected chi connectivity index (χ3v) is 6.03. The molecule has 0 radical (unpaired) electrons. The molecule has 0 bridgehead atoms. The Kier molecular flexibility index (Phi) is 3.19. The summed E-state index contributed by atoms with van der Waals surface area (Å²) in [5, 5.41) is 9.07. The highest BCUT2D eigenvalue weighted by Crippen LogP contribution is 2.36. The third-order valence-electron chi connectivity index (χ3n) is 4.50. The molecular formula is C18H12N2O4S. The molecule has 0 saturated heterocycles. The van der Waals surface area contributed by atoms with Crippen LogP contribution in [0.25, 0.3) is 0 Å². The van der Waals surface area contributed by atoms with E-state index in [-0.39, 0.29) is 33.2 Å². The molecule has 124 valence electrons. The summed E-state index contributed by atoms with van der Waals surface area (Å²) >= 11 is 0. The lowest BCUT2D eigenvalue weighted by molar-refractivity contribution is 0.0979. The Labute approximate surface area is 144 Å². The Morgan fingerprint density at radius 3 is 2.04 bits per heavy atom. The van der Waals surface area contributed by atoms with E-state index in [4.69, 9.17) is 5.26 Å². The van der Waals surface area contributed by atoms with Crippen LogP contribution >= 0.6 is 0 Å². The van der Waals surface area contributed by atoms with Crippen molar-refractivity contribution in [2.75, 3.05) is 0 Å². The first kappa shape index (κ1) is 15.7. The van der Waals surface area contributed by atoms with Crippen molar-refractivity contribution in [3.63, 3.8) is 0 Å². The summed E-state index contributed by atoms with van der Waals surface area (Å²) in [6.45, 7) is 0. The molecule has 0 unspecified atom stereocenters. The van der Waals surface area contributed by atoms with Gasteiger partial charge in [0.05, 0.1) is 11.0 Å². The Morgan fingerprint density at radius 1 is 0.920 bits per heavy atom. The Bertz CT molecular complexity index is 1090. The summed E-state index contributed by atoms with van der Waals surface area (Å²) in [5.74, 6) is -0.693. The van der Waals surface area contributed by atoms with Gasteiger partial charge in [0.1, 0.15) is 5.54 Å². The highest BCUT2D eigenvalue weighted by molar-refractivity contribution is 7.89. The van der Waals surface area contributed by atoms with Crippen LogP contribution in [0.15, 0.2) is 47.4 Å². The van der Waals surface area contributed by atoms with Gasteiger partial charge in [0.2, 0.25) is 10.0 Å². The van der Waals surface area contributed by atoms with Crippen molar-refractivity contribution < 1.29 is 18.0 Å². The van der Waals surface area contributed by atoms with Crippen molar-refractivity contribution in [3.8, 4) is 6.07 Å². The molecule has 2 aromatic rings. The number of hydrogen-bond donors (Lipinski definition) is 1. The number of hydrogen-bond acceptors (Lipinski definition) is 5. The van der Waals surface area contributed by atoms with E-state index in [1.807, 2.05) is 6.07 Å². The number of nitrogens with zero attached hydrogens (tertiary/aromatic N) is 1. The molecule has 1 N–H and O–H groups in total. The zero-order valence-electron chi connectivity index (χ0n) is 12.9. The van der Waals surface area contributed by atoms with E-state index in [2.05, 4.69) is 4.72 Å². The molecule has 0 amide bonds. The lowest BCUT2D eigenvalue weighted by Crippen LogP contribution is -2.35. The van der Waals surface area contributed by atoms with E-state index in [0.717, 1.165) is 0 Å². The van der Waals surface area contributed by atoms with E-state index in [1.165, 1.54) is 18.2 Å². The fourth-order valence-electron chi connectivity index (χ4n) is 2.92. The summed E-state index contributed by atoms with van der Waals surface area (Å²) in [5.41, 5.74) is -0.230. The summed E-state index contributed by atoms with van der Waals surface area (Å²) in [4.78, 5) is 25.1. The highest BCUT2D eigenvalue weighted by atomic mass is 32.2. The van der Waals surface area contributed by atoms with Crippen molar-refractivity contribution in [1.29, 1.82) is 5.26 Å². The van der Waals surface area contributed by atoms with Crippen LogP contribution in [0.2, 0.25) is 0 Å². The first-order valence-electron chi connectivity index (χ1n) is 7.65. The second-order valence-corrected chi connectivity index (χ2v) is 7.89. The van der Waals surface area contributed by atoms with Gasteiger partial charge in [-0.1, -0.05) is 24.3 Å². The van der Waals surface area contributed by atoms with Gasteiger partial charge in [-0.05, 0) is 31.0 Å². The molecule has 0 aliphatic heterocycles. The van der Waals surface area contributed by atoms with Crippen LogP contribution in [0.5, 0.6) is 0 Å². The van der Waals surface area contributed by atoms with Gasteiger partial charge in [-0.2, -0.15) is 9.98 Å². The quantitative estimate of drug-likeness (QED) is 0.774. The molecule has 4 rings (SSSR count). The molecule has 0 atom stereocenters. The van der Waals surface area contributed by atoms with Gasteiger partial charge < -0.3 is 0 Å². The lowest BCUT2D eigenvalue weighted by atomic mass is 9.84. The second kappa shape index (κ2) is 5.09. The Balaban J connectivity index is 1.80. The van der Waals surface area contributed by atoms with Crippen LogP contribution in [0, 0.1) is 11.3 Å². The number of fused-ring (bicyclic) bond motifs is 2. The van der Waals surface area contributed by atoms with Gasteiger partial charge in [-0.25, -0.2) is 8.42 Å². The van der Waals surface area contributed by atoms with E-state index in [1.54, 1.807) is 24.3 Å². The summed E-state index contributed by atoms with van der Waals surface area (Å²) in [6, 6.07) is 12.3. The molecule has 0 heterocycles. The Hall–Kier alpha value is -2.82. The molecule has 2 aliphatic rings. The predicted molar refractivity (Wildman–Crippen MR) is 87.6 cm³/mol. The molecule has 2 aromatic carbocycles. The normalized spacial score (nSPS) is 17.4. The van der Waals surface area contributed by atoms with Gasteiger partial charge in [0.15, 0.2) is 11.6 Å². The summed E-state index contributed by atoms with van der Waals surface area (Å²) in [7, 11) is -3.96. The zero-order chi connectivity index (χ0) is 17.8. The molecule has 0 aromatic heterocycles. The first-order valence-corrected chi connectivity index (χ1v) is 9.13. The number of rotatable bonds is 3. The van der Waals surface area contributed by atoms with Gasteiger partial charge in [0.25, 0.3) is 0 Å². The van der Waals surface area contributed by atoms with Gasteiger partial charge in [0, 0.05) is 22.3 Å². The number of carbonyl (C=O) groups is 2. The highest BCUT2D eigenvalue weighted by Gasteiger charge is 2.47. The molecule has 1 saturated carbocycles. The number of sulfonamides is 1. The number of carbonyl (C=O) groups excluding carboxylic acids is 2. The number of nitriles is 1. The standard InChI is InChI=1S/C18H12N2O4S/c19-10-18(7-8-18)20-25(23,24)11-5-6-14-15(9-11)17(22)13-4-2-1-3-12(13)16(14)21/h1-6,9,20H,7-8H2. The molecule has 6 nitrogen and oxygen atoms in total. The van der Waals surface area contributed by atoms with E-state index >= 15 is 0 Å². The van der Waals surface area contributed by atoms with E-state index in [9.17, 15) is 18.0 Å². The third kappa shape index (κ3) is 2.38. The lowest BCUT2D eigenvalue weighted by Gasteiger charge is -2.18. The minimum absolute atomic E-state index is 0.0633. The summed E-state index contributed by atoms with van der Waals surface area (Å²) in [6.07, 6.45) is 0.914. The first-order chi connectivity index (χ1) is 11.9. The van der Waals surface area contributed by atoms with Crippen LogP contribution < -0.4 is 4.72 Å². The van der Waals surface area contributed by atoms with Crippen molar-refractivity contribution in [2.45, 2.75) is 23.3 Å². The largest absolute Gasteiger partial charge is 0.289 e. The van der Waals surface area contributed by atoms with Crippen LogP contribution in [-0.4, -0.2) is 25.5 Å². The summed E-state index contributed by atoms with van der Waals surface area (Å²) < 4.78 is 27.4. The SMILES string of the molecule is N#CC1(NS(=O)(=O)c2ccc3c(c2)C(=O)c2ccccc2C3=O)CC1. The maximum atomic E-state index is 12.7. The van der Waals surface area contributed by atoms with Crippen molar-refractivity contribution in [1.82, 2.24) is 4.72 Å². The van der Waals surface area contributed by atoms with Crippen molar-refractivity contribution >= 4 is 21.6 Å². The molecule has 7 heteroatoms. The van der Waals surface area contributed by atoms with Crippen LogP contribution in [-0.2, 0) is 10.0 Å². The maximum Gasteiger partial charge on any atom is 0.241 e. The maximum absolute atomic E-state index is 12.7. The average molecular weight is 352 g/mol. The zero-order valence-corrected chi connectivity index (χ0v) is 13.8. The van der Waals surface area contributed by atoms with Crippen molar-refractivity contribution in [3.05, 3.63) is 64.7 Å². The van der Waals surface area contributed by atoms with Crippen LogP contribution in [0.3, 0.4) is 0 Å². The predicted octanol–water partition coefficient (Wildman–Crippen LogP) is 1.80. The van der Waals surface area contributed by atoms with Gasteiger partial charge in [-0.15, -0.1) is 0 Å². The minimum Gasteiger partial charge on any atom is -0.289 e. The fourth-order valence-corrected chi connectivity index (χ4v) is 4.33. The van der Waals surface area contributed by atoms with Crippen LogP contribution in [0.4, 0.5) is 0 Å². The average Bonchev–Trinajstić information content (AvgIpc) is 3.38. The topological polar surface area (TPSA) is 104 Å². The molecular weight excluding hydrogens is 340 g/mol. The monoisotopic (exact) mass is 352 g/mol. The number of benzene rings is 2. The van der Waals surface area contributed by atoms with Crippen LogP contribution in [0.1, 0.15) is 44.7 Å². The number of ketones is 2. The van der Waals surface area contributed by atoms with Crippen molar-refractivity contribution in [2.24, 2.45) is 0 Å². The molecule has 2 aliphatic carbocycles. The fraction of sp³-hybridized carbons (Fsp3) is 0.167. The molecule has 1 fully saturated rings. The van der Waals surface area contributed by atoms with Gasteiger partial charge in [-0.3, -0.25) is 9.59 Å². The van der Waals surface area contributed by atoms with Gasteiger partial charge >= 0.3 is 0 Å². The second-order valence-electron chi connectivity index (χ2n) is 6.21. The smallest absolute Gasteiger partial charge is 0.241 e.